The van der Waals surface area contributed by atoms with Crippen molar-refractivity contribution in [1.29, 1.82) is 0 Å². The van der Waals surface area contributed by atoms with Gasteiger partial charge in [-0.1, -0.05) is 13.8 Å². The van der Waals surface area contributed by atoms with Gasteiger partial charge in [0.05, 0.1) is 6.54 Å². The molecule has 0 aliphatic rings. The Morgan fingerprint density at radius 3 is 2.18 bits per heavy atom. The quantitative estimate of drug-likeness (QED) is 0.659. The third-order valence-corrected chi connectivity index (χ3v) is 2.94. The molecule has 0 bridgehead atoms. The number of urea groups is 1. The zero-order valence-electron chi connectivity index (χ0n) is 11.0. The van der Waals surface area contributed by atoms with Crippen molar-refractivity contribution >= 4 is 12.0 Å². The molecular formula is C11H22N2O4. The zero-order valence-corrected chi connectivity index (χ0v) is 11.0. The molecule has 0 saturated carbocycles. The number of carboxylic acids is 1. The predicted octanol–water partition coefficient (Wildman–Crippen LogP) is 0.508. The van der Waals surface area contributed by atoms with Crippen LogP contribution in [0.2, 0.25) is 0 Å². The molecule has 0 heterocycles. The summed E-state index contributed by atoms with van der Waals surface area (Å²) in [7, 11) is 1.63. The summed E-state index contributed by atoms with van der Waals surface area (Å²) in [5.74, 6) is -1.07. The van der Waals surface area contributed by atoms with E-state index in [0.29, 0.717) is 5.92 Å². The lowest BCUT2D eigenvalue weighted by Crippen LogP contribution is -2.51. The number of aliphatic carboxylic acids is 1. The van der Waals surface area contributed by atoms with Crippen LogP contribution in [0.15, 0.2) is 0 Å². The first-order chi connectivity index (χ1) is 7.59. The Bertz CT molecular complexity index is 289. The number of hydrogen-bond acceptors (Lipinski definition) is 3. The van der Waals surface area contributed by atoms with Crippen molar-refractivity contribution in [3.8, 4) is 0 Å². The van der Waals surface area contributed by atoms with Crippen molar-refractivity contribution in [1.82, 2.24) is 10.2 Å². The highest BCUT2D eigenvalue weighted by Gasteiger charge is 2.31. The van der Waals surface area contributed by atoms with Crippen molar-refractivity contribution < 1.29 is 19.8 Å². The molecule has 0 aromatic heterocycles. The number of carboxylic acid groups (broad SMARTS) is 1. The van der Waals surface area contributed by atoms with Crippen LogP contribution >= 0.6 is 0 Å². The second kappa shape index (κ2) is 5.86. The largest absolute Gasteiger partial charge is 0.479 e. The topological polar surface area (TPSA) is 89.9 Å². The Kier molecular flexibility index (Phi) is 5.41. The van der Waals surface area contributed by atoms with Gasteiger partial charge in [0.2, 0.25) is 0 Å². The first kappa shape index (κ1) is 15.7. The van der Waals surface area contributed by atoms with Crippen LogP contribution in [0.4, 0.5) is 4.79 Å². The summed E-state index contributed by atoms with van der Waals surface area (Å²) < 4.78 is 0. The summed E-state index contributed by atoms with van der Waals surface area (Å²) in [6.45, 7) is 6.70. The number of carbonyl (C=O) groups excluding carboxylic acids is 1. The Hall–Kier alpha value is -1.30. The number of carbonyl (C=O) groups is 2. The molecule has 0 aliphatic heterocycles. The lowest BCUT2D eigenvalue weighted by atomic mass is 10.1. The van der Waals surface area contributed by atoms with Crippen molar-refractivity contribution in [2.45, 2.75) is 39.3 Å². The average molecular weight is 246 g/mol. The maximum atomic E-state index is 11.7. The summed E-state index contributed by atoms with van der Waals surface area (Å²) in [6.07, 6.45) is 0. The molecule has 6 heteroatoms. The molecule has 0 rings (SSSR count). The first-order valence-corrected chi connectivity index (χ1v) is 5.56. The van der Waals surface area contributed by atoms with Gasteiger partial charge in [0.1, 0.15) is 0 Å². The van der Waals surface area contributed by atoms with Crippen LogP contribution in [0.1, 0.15) is 27.7 Å². The molecule has 2 unspecified atom stereocenters. The number of nitrogens with one attached hydrogen (secondary N) is 1. The fourth-order valence-electron chi connectivity index (χ4n) is 1.08. The van der Waals surface area contributed by atoms with Gasteiger partial charge in [0.15, 0.2) is 5.60 Å². The molecule has 0 aliphatic carbocycles. The molecule has 0 spiro atoms. The van der Waals surface area contributed by atoms with E-state index in [1.807, 2.05) is 20.8 Å². The molecule has 17 heavy (non-hydrogen) atoms. The Morgan fingerprint density at radius 2 is 1.82 bits per heavy atom. The van der Waals surface area contributed by atoms with Gasteiger partial charge in [-0.2, -0.15) is 0 Å². The molecule has 0 saturated heterocycles. The fourth-order valence-corrected chi connectivity index (χ4v) is 1.08. The van der Waals surface area contributed by atoms with Gasteiger partial charge in [0.25, 0.3) is 0 Å². The highest BCUT2D eigenvalue weighted by molar-refractivity contribution is 5.79. The lowest BCUT2D eigenvalue weighted by Gasteiger charge is -2.29. The standard InChI is InChI=1S/C11H22N2O4/c1-7(2)8(3)13(5)10(16)12-6-11(4,17)9(14)15/h7-8,17H,6H2,1-5H3,(H,12,16)(H,14,15). The van der Waals surface area contributed by atoms with E-state index >= 15 is 0 Å². The van der Waals surface area contributed by atoms with Gasteiger partial charge < -0.3 is 20.4 Å². The number of amides is 2. The van der Waals surface area contributed by atoms with Crippen LogP contribution in [0.5, 0.6) is 0 Å². The molecule has 0 fully saturated rings. The molecule has 0 radical (unpaired) electrons. The van der Waals surface area contributed by atoms with E-state index in [4.69, 9.17) is 5.11 Å². The number of nitrogens with zero attached hydrogens (tertiary/aromatic N) is 1. The van der Waals surface area contributed by atoms with E-state index in [2.05, 4.69) is 5.32 Å². The van der Waals surface area contributed by atoms with E-state index < -0.39 is 17.6 Å². The minimum atomic E-state index is -1.95. The summed E-state index contributed by atoms with van der Waals surface area (Å²) in [4.78, 5) is 23.8. The summed E-state index contributed by atoms with van der Waals surface area (Å²) >= 11 is 0. The van der Waals surface area contributed by atoms with Gasteiger partial charge in [0, 0.05) is 13.1 Å². The maximum Gasteiger partial charge on any atom is 0.337 e. The van der Waals surface area contributed by atoms with Gasteiger partial charge in [-0.15, -0.1) is 0 Å². The van der Waals surface area contributed by atoms with Gasteiger partial charge in [-0.25, -0.2) is 9.59 Å². The van der Waals surface area contributed by atoms with E-state index in [-0.39, 0.29) is 12.6 Å². The van der Waals surface area contributed by atoms with E-state index in [1.165, 1.54) is 4.90 Å². The van der Waals surface area contributed by atoms with Crippen molar-refractivity contribution in [2.24, 2.45) is 5.92 Å². The van der Waals surface area contributed by atoms with E-state index in [1.54, 1.807) is 7.05 Å². The molecule has 2 amide bonds. The Labute approximate surface area is 102 Å². The van der Waals surface area contributed by atoms with Gasteiger partial charge in [-0.3, -0.25) is 0 Å². The van der Waals surface area contributed by atoms with E-state index in [9.17, 15) is 14.7 Å². The smallest absolute Gasteiger partial charge is 0.337 e. The second-order valence-corrected chi connectivity index (χ2v) is 4.83. The summed E-state index contributed by atoms with van der Waals surface area (Å²) in [6, 6.07) is -0.363. The highest BCUT2D eigenvalue weighted by Crippen LogP contribution is 2.08. The Balaban J connectivity index is 4.33. The van der Waals surface area contributed by atoms with Crippen molar-refractivity contribution in [3.63, 3.8) is 0 Å². The van der Waals surface area contributed by atoms with Crippen LogP contribution in [-0.4, -0.2) is 52.3 Å². The second-order valence-electron chi connectivity index (χ2n) is 4.83. The molecule has 0 aromatic carbocycles. The SMILES string of the molecule is CC(C)C(C)N(C)C(=O)NCC(C)(O)C(=O)O. The van der Waals surface area contributed by atoms with Gasteiger partial charge >= 0.3 is 12.0 Å². The molecule has 6 nitrogen and oxygen atoms in total. The number of rotatable bonds is 5. The highest BCUT2D eigenvalue weighted by atomic mass is 16.4. The average Bonchev–Trinajstić information content (AvgIpc) is 2.23. The molecule has 0 aromatic rings. The first-order valence-electron chi connectivity index (χ1n) is 5.56. The third-order valence-electron chi connectivity index (χ3n) is 2.94. The van der Waals surface area contributed by atoms with Gasteiger partial charge in [-0.05, 0) is 19.8 Å². The van der Waals surface area contributed by atoms with E-state index in [0.717, 1.165) is 6.92 Å². The predicted molar refractivity (Wildman–Crippen MR) is 63.7 cm³/mol. The van der Waals surface area contributed by atoms with Crippen LogP contribution < -0.4 is 5.32 Å². The minimum absolute atomic E-state index is 0.0322. The normalized spacial score (nSPS) is 16.2. The van der Waals surface area contributed by atoms with Crippen LogP contribution in [-0.2, 0) is 4.79 Å². The van der Waals surface area contributed by atoms with Crippen LogP contribution in [0.3, 0.4) is 0 Å². The number of hydrogen-bond donors (Lipinski definition) is 3. The van der Waals surface area contributed by atoms with Crippen LogP contribution in [0, 0.1) is 5.92 Å². The molecular weight excluding hydrogens is 224 g/mol. The van der Waals surface area contributed by atoms with Crippen molar-refractivity contribution in [3.05, 3.63) is 0 Å². The summed E-state index contributed by atoms with van der Waals surface area (Å²) in [5.41, 5.74) is -1.95. The Morgan fingerprint density at radius 1 is 1.35 bits per heavy atom. The third kappa shape index (κ3) is 4.60. The minimum Gasteiger partial charge on any atom is -0.479 e. The maximum absolute atomic E-state index is 11.7. The molecule has 3 N–H and O–H groups in total. The lowest BCUT2D eigenvalue weighted by molar-refractivity contribution is -0.155. The summed E-state index contributed by atoms with van der Waals surface area (Å²) in [5, 5.41) is 20.5. The number of aliphatic hydroxyl groups is 1. The van der Waals surface area contributed by atoms with Crippen molar-refractivity contribution in [2.75, 3.05) is 13.6 Å². The zero-order chi connectivity index (χ0) is 13.8. The fraction of sp³-hybridized carbons (Fsp3) is 0.818. The molecule has 2 atom stereocenters. The van der Waals surface area contributed by atoms with Crippen LogP contribution in [0.25, 0.3) is 0 Å². The molecule has 100 valence electrons. The monoisotopic (exact) mass is 246 g/mol.